The molecule has 2 aliphatic rings. The van der Waals surface area contributed by atoms with Crippen molar-refractivity contribution in [2.75, 3.05) is 12.4 Å². The Kier molecular flexibility index (Phi) is 4.65. The molecule has 114 valence electrons. The van der Waals surface area contributed by atoms with E-state index in [1.807, 2.05) is 0 Å². The number of ether oxygens (including phenoxy) is 1. The molecule has 4 heteroatoms. The van der Waals surface area contributed by atoms with E-state index >= 15 is 0 Å². The largest absolute Gasteiger partial charge is 0.375 e. The highest BCUT2D eigenvalue weighted by Crippen LogP contribution is 2.42. The molecule has 1 spiro atoms. The first-order valence-corrected chi connectivity index (χ1v) is 8.71. The van der Waals surface area contributed by atoms with Gasteiger partial charge in [-0.15, -0.1) is 11.8 Å². The molecule has 0 radical (unpaired) electrons. The summed E-state index contributed by atoms with van der Waals surface area (Å²) in [5, 5.41) is 0. The summed E-state index contributed by atoms with van der Waals surface area (Å²) in [6.07, 6.45) is 6.43. The zero-order chi connectivity index (χ0) is 14.7. The molecule has 1 atom stereocenters. The maximum absolute atomic E-state index is 12.9. The summed E-state index contributed by atoms with van der Waals surface area (Å²) in [6, 6.07) is 6.34. The van der Waals surface area contributed by atoms with E-state index in [2.05, 4.69) is 0 Å². The van der Waals surface area contributed by atoms with Gasteiger partial charge in [-0.1, -0.05) is 12.8 Å². The van der Waals surface area contributed by atoms with Gasteiger partial charge >= 0.3 is 0 Å². The van der Waals surface area contributed by atoms with Crippen LogP contribution in [0.1, 0.15) is 38.5 Å². The van der Waals surface area contributed by atoms with Gasteiger partial charge in [0.15, 0.2) is 0 Å². The van der Waals surface area contributed by atoms with Crippen LogP contribution < -0.4 is 0 Å². The van der Waals surface area contributed by atoms with E-state index in [1.165, 1.54) is 36.7 Å². The molecule has 1 aliphatic heterocycles. The molecule has 1 saturated heterocycles. The fourth-order valence-corrected chi connectivity index (χ4v) is 4.35. The van der Waals surface area contributed by atoms with Crippen LogP contribution in [0.25, 0.3) is 0 Å². The molecular weight excluding hydrogens is 287 g/mol. The van der Waals surface area contributed by atoms with Gasteiger partial charge in [0.1, 0.15) is 11.6 Å². The summed E-state index contributed by atoms with van der Waals surface area (Å²) in [5.41, 5.74) is -0.000874. The molecule has 1 saturated carbocycles. The lowest BCUT2D eigenvalue weighted by Gasteiger charge is -2.37. The van der Waals surface area contributed by atoms with Gasteiger partial charge in [0.25, 0.3) is 0 Å². The van der Waals surface area contributed by atoms with Crippen LogP contribution in [0.5, 0.6) is 0 Å². The van der Waals surface area contributed by atoms with Gasteiger partial charge in [-0.05, 0) is 49.9 Å². The summed E-state index contributed by atoms with van der Waals surface area (Å²) in [4.78, 5) is 13.4. The maximum atomic E-state index is 12.9. The van der Waals surface area contributed by atoms with Crippen molar-refractivity contribution in [3.63, 3.8) is 0 Å². The molecule has 0 N–H and O–H groups in total. The number of rotatable bonds is 4. The Labute approximate surface area is 129 Å². The first-order valence-electron chi connectivity index (χ1n) is 7.72. The summed E-state index contributed by atoms with van der Waals surface area (Å²) < 4.78 is 18.8. The normalized spacial score (nSPS) is 24.3. The van der Waals surface area contributed by atoms with Gasteiger partial charge in [0.05, 0.1) is 11.4 Å². The predicted molar refractivity (Wildman–Crippen MR) is 82.0 cm³/mol. The fraction of sp³-hybridized carbons (Fsp3) is 0.588. The van der Waals surface area contributed by atoms with Gasteiger partial charge in [-0.3, -0.25) is 4.79 Å². The molecular formula is C17H21FO2S. The van der Waals surface area contributed by atoms with E-state index in [0.29, 0.717) is 11.5 Å². The third kappa shape index (κ3) is 3.67. The zero-order valence-electron chi connectivity index (χ0n) is 12.1. The number of halogens is 1. The minimum Gasteiger partial charge on any atom is -0.375 e. The van der Waals surface area contributed by atoms with Crippen molar-refractivity contribution < 1.29 is 13.9 Å². The van der Waals surface area contributed by atoms with Crippen LogP contribution in [0.2, 0.25) is 0 Å². The summed E-state index contributed by atoms with van der Waals surface area (Å²) in [6.45, 7) is 0.720. The molecule has 21 heavy (non-hydrogen) atoms. The van der Waals surface area contributed by atoms with Crippen molar-refractivity contribution in [1.82, 2.24) is 0 Å². The van der Waals surface area contributed by atoms with E-state index < -0.39 is 0 Å². The number of thioether (sulfide) groups is 1. The maximum Gasteiger partial charge on any atom is 0.146 e. The standard InChI is InChI=1S/C17H21FO2S/c18-14-3-5-15(6-4-14)21-12-16(19)13-7-10-20-17(11-13)8-1-2-9-17/h3-6,13H,1-2,7-12H2. The molecule has 1 aliphatic carbocycles. The molecule has 1 unspecified atom stereocenters. The number of hydrogen-bond donors (Lipinski definition) is 0. The third-order valence-corrected chi connectivity index (χ3v) is 5.69. The van der Waals surface area contributed by atoms with Crippen molar-refractivity contribution in [3.05, 3.63) is 30.1 Å². The van der Waals surface area contributed by atoms with Gasteiger partial charge in [0.2, 0.25) is 0 Å². The van der Waals surface area contributed by atoms with Crippen LogP contribution >= 0.6 is 11.8 Å². The van der Waals surface area contributed by atoms with Crippen molar-refractivity contribution in [3.8, 4) is 0 Å². The molecule has 2 fully saturated rings. The lowest BCUT2D eigenvalue weighted by atomic mass is 9.83. The second kappa shape index (κ2) is 6.49. The number of Topliss-reactive ketones (excluding diaryl/α,β-unsaturated/α-hetero) is 1. The SMILES string of the molecule is O=C(CSc1ccc(F)cc1)C1CCOC2(CCCC2)C1. The number of carbonyl (C=O) groups excluding carboxylic acids is 1. The minimum absolute atomic E-state index is 0.000874. The highest BCUT2D eigenvalue weighted by molar-refractivity contribution is 8.00. The summed E-state index contributed by atoms with van der Waals surface area (Å²) in [7, 11) is 0. The van der Waals surface area contributed by atoms with Crippen LogP contribution in [-0.4, -0.2) is 23.7 Å². The minimum atomic E-state index is -0.238. The first-order chi connectivity index (χ1) is 10.2. The summed E-state index contributed by atoms with van der Waals surface area (Å²) in [5.74, 6) is 0.703. The highest BCUT2D eigenvalue weighted by Gasteiger charge is 2.41. The third-order valence-electron chi connectivity index (χ3n) is 4.66. The zero-order valence-corrected chi connectivity index (χ0v) is 13.0. The fourth-order valence-electron chi connectivity index (χ4n) is 3.47. The smallest absolute Gasteiger partial charge is 0.146 e. The Morgan fingerprint density at radius 3 is 2.71 bits per heavy atom. The Hall–Kier alpha value is -0.870. The van der Waals surface area contributed by atoms with Crippen LogP contribution in [0.4, 0.5) is 4.39 Å². The molecule has 1 heterocycles. The Morgan fingerprint density at radius 2 is 2.00 bits per heavy atom. The van der Waals surface area contributed by atoms with Crippen molar-refractivity contribution in [2.45, 2.75) is 49.0 Å². The first kappa shape index (κ1) is 15.0. The molecule has 0 bridgehead atoms. The molecule has 0 amide bonds. The molecule has 3 rings (SSSR count). The van der Waals surface area contributed by atoms with Gasteiger partial charge in [0, 0.05) is 17.4 Å². The van der Waals surface area contributed by atoms with Crippen molar-refractivity contribution in [1.29, 1.82) is 0 Å². The van der Waals surface area contributed by atoms with E-state index in [-0.39, 0.29) is 17.3 Å². The highest BCUT2D eigenvalue weighted by atomic mass is 32.2. The van der Waals surface area contributed by atoms with Gasteiger partial charge < -0.3 is 4.74 Å². The number of benzene rings is 1. The molecule has 0 aromatic heterocycles. The number of carbonyl (C=O) groups is 1. The van der Waals surface area contributed by atoms with E-state index in [4.69, 9.17) is 4.74 Å². The Bertz CT molecular complexity index is 494. The summed E-state index contributed by atoms with van der Waals surface area (Å²) >= 11 is 1.50. The van der Waals surface area contributed by atoms with Crippen LogP contribution in [0.3, 0.4) is 0 Å². The lowest BCUT2D eigenvalue weighted by Crippen LogP contribution is -2.40. The van der Waals surface area contributed by atoms with E-state index in [1.54, 1.807) is 12.1 Å². The molecule has 1 aromatic carbocycles. The van der Waals surface area contributed by atoms with E-state index in [9.17, 15) is 9.18 Å². The average molecular weight is 308 g/mol. The topological polar surface area (TPSA) is 26.3 Å². The van der Waals surface area contributed by atoms with Crippen molar-refractivity contribution in [2.24, 2.45) is 5.92 Å². The average Bonchev–Trinajstić information content (AvgIpc) is 2.94. The van der Waals surface area contributed by atoms with E-state index in [0.717, 1.165) is 37.2 Å². The molecule has 1 aromatic rings. The Morgan fingerprint density at radius 1 is 1.29 bits per heavy atom. The second-order valence-electron chi connectivity index (χ2n) is 6.14. The van der Waals surface area contributed by atoms with Crippen LogP contribution in [0.15, 0.2) is 29.2 Å². The van der Waals surface area contributed by atoms with Crippen LogP contribution in [-0.2, 0) is 9.53 Å². The lowest BCUT2D eigenvalue weighted by molar-refractivity contribution is -0.134. The van der Waals surface area contributed by atoms with Gasteiger partial charge in [-0.25, -0.2) is 4.39 Å². The van der Waals surface area contributed by atoms with Crippen molar-refractivity contribution >= 4 is 17.5 Å². The quantitative estimate of drug-likeness (QED) is 0.779. The monoisotopic (exact) mass is 308 g/mol. The molecule has 2 nitrogen and oxygen atoms in total. The van der Waals surface area contributed by atoms with Crippen LogP contribution in [0, 0.1) is 11.7 Å². The second-order valence-corrected chi connectivity index (χ2v) is 7.19. The van der Waals surface area contributed by atoms with Gasteiger partial charge in [-0.2, -0.15) is 0 Å². The number of ketones is 1. The number of hydrogen-bond acceptors (Lipinski definition) is 3. The predicted octanol–water partition coefficient (Wildman–Crippen LogP) is 4.23. The Balaban J connectivity index is 1.54.